The van der Waals surface area contributed by atoms with Crippen LogP contribution in [0.15, 0.2) is 18.2 Å². The number of amides is 1. The molecular weight excluding hydrogens is 270 g/mol. The number of carbonyl (C=O) groups excluding carboxylic acids is 1. The van der Waals surface area contributed by atoms with Gasteiger partial charge < -0.3 is 10.6 Å². The molecule has 0 spiro atoms. The summed E-state index contributed by atoms with van der Waals surface area (Å²) in [5.74, 6) is 0.233. The van der Waals surface area contributed by atoms with E-state index in [2.05, 4.69) is 17.6 Å². The first kappa shape index (κ1) is 15.3. The molecule has 1 saturated carbocycles. The van der Waals surface area contributed by atoms with Gasteiger partial charge in [-0.1, -0.05) is 12.8 Å². The Hall–Kier alpha value is -2.11. The molecule has 2 rings (SSSR count). The summed E-state index contributed by atoms with van der Waals surface area (Å²) in [4.78, 5) is 22.4. The minimum Gasteiger partial charge on any atom is -0.377 e. The number of benzene rings is 1. The van der Waals surface area contributed by atoms with Gasteiger partial charge in [-0.25, -0.2) is 0 Å². The molecule has 1 amide bonds. The third-order valence-electron chi connectivity index (χ3n) is 4.17. The van der Waals surface area contributed by atoms with Crippen molar-refractivity contribution in [2.45, 2.75) is 38.6 Å². The van der Waals surface area contributed by atoms with E-state index in [-0.39, 0.29) is 17.6 Å². The van der Waals surface area contributed by atoms with E-state index in [0.717, 1.165) is 12.8 Å². The molecule has 1 aromatic carbocycles. The molecule has 0 bridgehead atoms. The SMILES string of the molecule is CNC(=O)c1ccc(NC(C)C2CCCC2)c([N+](=O)[O-])c1. The van der Waals surface area contributed by atoms with Gasteiger partial charge in [0.25, 0.3) is 11.6 Å². The van der Waals surface area contributed by atoms with Gasteiger partial charge in [0, 0.05) is 24.7 Å². The molecule has 1 aliphatic carbocycles. The van der Waals surface area contributed by atoms with Crippen molar-refractivity contribution in [1.82, 2.24) is 5.32 Å². The van der Waals surface area contributed by atoms with E-state index in [1.54, 1.807) is 12.1 Å². The van der Waals surface area contributed by atoms with Crippen molar-refractivity contribution in [1.29, 1.82) is 0 Å². The highest BCUT2D eigenvalue weighted by atomic mass is 16.6. The maximum absolute atomic E-state index is 11.6. The first-order chi connectivity index (χ1) is 10.0. The average molecular weight is 291 g/mol. The van der Waals surface area contributed by atoms with Gasteiger partial charge in [0.2, 0.25) is 0 Å². The molecule has 1 fully saturated rings. The fraction of sp³-hybridized carbons (Fsp3) is 0.533. The molecule has 0 radical (unpaired) electrons. The molecule has 1 aliphatic rings. The normalized spacial score (nSPS) is 16.5. The van der Waals surface area contributed by atoms with Gasteiger partial charge in [-0.2, -0.15) is 0 Å². The zero-order valence-electron chi connectivity index (χ0n) is 12.4. The summed E-state index contributed by atoms with van der Waals surface area (Å²) in [6.07, 6.45) is 4.79. The van der Waals surface area contributed by atoms with Gasteiger partial charge in [0.05, 0.1) is 4.92 Å². The van der Waals surface area contributed by atoms with Crippen LogP contribution in [0.4, 0.5) is 11.4 Å². The van der Waals surface area contributed by atoms with Gasteiger partial charge in [-0.3, -0.25) is 14.9 Å². The molecule has 1 aromatic rings. The molecule has 21 heavy (non-hydrogen) atoms. The molecule has 1 atom stereocenters. The van der Waals surface area contributed by atoms with Crippen molar-refractivity contribution in [3.05, 3.63) is 33.9 Å². The smallest absolute Gasteiger partial charge is 0.293 e. The van der Waals surface area contributed by atoms with Gasteiger partial charge in [0.1, 0.15) is 5.69 Å². The van der Waals surface area contributed by atoms with Crippen LogP contribution in [-0.4, -0.2) is 23.9 Å². The monoisotopic (exact) mass is 291 g/mol. The van der Waals surface area contributed by atoms with Crippen LogP contribution in [-0.2, 0) is 0 Å². The van der Waals surface area contributed by atoms with Crippen molar-refractivity contribution < 1.29 is 9.72 Å². The van der Waals surface area contributed by atoms with Crippen molar-refractivity contribution >= 4 is 17.3 Å². The van der Waals surface area contributed by atoms with E-state index in [1.165, 1.54) is 26.0 Å². The van der Waals surface area contributed by atoms with Crippen LogP contribution in [0, 0.1) is 16.0 Å². The lowest BCUT2D eigenvalue weighted by Gasteiger charge is -2.21. The summed E-state index contributed by atoms with van der Waals surface area (Å²) in [7, 11) is 1.50. The number of nitro benzene ring substituents is 1. The van der Waals surface area contributed by atoms with E-state index < -0.39 is 4.92 Å². The predicted molar refractivity (Wildman–Crippen MR) is 81.5 cm³/mol. The van der Waals surface area contributed by atoms with Crippen LogP contribution in [0.2, 0.25) is 0 Å². The third-order valence-corrected chi connectivity index (χ3v) is 4.17. The number of nitrogens with zero attached hydrogens (tertiary/aromatic N) is 1. The number of anilines is 1. The second kappa shape index (κ2) is 6.56. The number of nitrogens with one attached hydrogen (secondary N) is 2. The van der Waals surface area contributed by atoms with Gasteiger partial charge in [0.15, 0.2) is 0 Å². The fourth-order valence-corrected chi connectivity index (χ4v) is 2.91. The summed E-state index contributed by atoms with van der Waals surface area (Å²) < 4.78 is 0. The second-order valence-electron chi connectivity index (χ2n) is 5.55. The highest BCUT2D eigenvalue weighted by Crippen LogP contribution is 2.32. The van der Waals surface area contributed by atoms with E-state index in [0.29, 0.717) is 17.2 Å². The molecule has 6 heteroatoms. The predicted octanol–water partition coefficient (Wildman–Crippen LogP) is 2.95. The topological polar surface area (TPSA) is 84.3 Å². The number of nitro groups is 1. The lowest BCUT2D eigenvalue weighted by Crippen LogP contribution is -2.24. The minimum atomic E-state index is -0.448. The summed E-state index contributed by atoms with van der Waals surface area (Å²) >= 11 is 0. The third kappa shape index (κ3) is 3.51. The first-order valence-corrected chi connectivity index (χ1v) is 7.30. The zero-order valence-corrected chi connectivity index (χ0v) is 12.4. The van der Waals surface area contributed by atoms with Crippen LogP contribution in [0.25, 0.3) is 0 Å². The highest BCUT2D eigenvalue weighted by Gasteiger charge is 2.24. The number of hydrogen-bond acceptors (Lipinski definition) is 4. The molecule has 0 heterocycles. The van der Waals surface area contributed by atoms with Crippen LogP contribution >= 0.6 is 0 Å². The zero-order chi connectivity index (χ0) is 15.4. The number of hydrogen-bond donors (Lipinski definition) is 2. The van der Waals surface area contributed by atoms with E-state index >= 15 is 0 Å². The Kier molecular flexibility index (Phi) is 4.77. The molecular formula is C15H21N3O3. The lowest BCUT2D eigenvalue weighted by molar-refractivity contribution is -0.384. The Labute approximate surface area is 124 Å². The van der Waals surface area contributed by atoms with E-state index in [9.17, 15) is 14.9 Å². The van der Waals surface area contributed by atoms with Crippen LogP contribution in [0.1, 0.15) is 43.0 Å². The van der Waals surface area contributed by atoms with E-state index in [1.807, 2.05) is 0 Å². The first-order valence-electron chi connectivity index (χ1n) is 7.30. The van der Waals surface area contributed by atoms with E-state index in [4.69, 9.17) is 0 Å². The molecule has 2 N–H and O–H groups in total. The maximum atomic E-state index is 11.6. The molecule has 114 valence electrons. The lowest BCUT2D eigenvalue weighted by atomic mass is 9.99. The Morgan fingerprint density at radius 2 is 2.05 bits per heavy atom. The van der Waals surface area contributed by atoms with Gasteiger partial charge >= 0.3 is 0 Å². The highest BCUT2D eigenvalue weighted by molar-refractivity contribution is 5.95. The fourth-order valence-electron chi connectivity index (χ4n) is 2.91. The summed E-state index contributed by atoms with van der Waals surface area (Å²) in [5, 5.41) is 16.9. The molecule has 0 aromatic heterocycles. The Balaban J connectivity index is 2.21. The quantitative estimate of drug-likeness (QED) is 0.645. The standard InChI is InChI=1S/C15H21N3O3/c1-10(11-5-3-4-6-11)17-13-8-7-12(15(19)16-2)9-14(13)18(20)21/h7-11,17H,3-6H2,1-2H3,(H,16,19). The molecule has 1 unspecified atom stereocenters. The van der Waals surface area contributed by atoms with Crippen LogP contribution < -0.4 is 10.6 Å². The Morgan fingerprint density at radius 1 is 1.38 bits per heavy atom. The maximum Gasteiger partial charge on any atom is 0.293 e. The summed E-state index contributed by atoms with van der Waals surface area (Å²) in [6, 6.07) is 4.74. The van der Waals surface area contributed by atoms with Gasteiger partial charge in [-0.15, -0.1) is 0 Å². The van der Waals surface area contributed by atoms with Gasteiger partial charge in [-0.05, 0) is 37.8 Å². The Bertz CT molecular complexity index is 539. The van der Waals surface area contributed by atoms with Crippen molar-refractivity contribution in [3.63, 3.8) is 0 Å². The van der Waals surface area contributed by atoms with Crippen LogP contribution in [0.5, 0.6) is 0 Å². The molecule has 6 nitrogen and oxygen atoms in total. The Morgan fingerprint density at radius 3 is 2.62 bits per heavy atom. The van der Waals surface area contributed by atoms with Crippen molar-refractivity contribution in [3.8, 4) is 0 Å². The summed E-state index contributed by atoms with van der Waals surface area (Å²) in [5.41, 5.74) is 0.719. The van der Waals surface area contributed by atoms with Crippen LogP contribution in [0.3, 0.4) is 0 Å². The number of carbonyl (C=O) groups is 1. The minimum absolute atomic E-state index is 0.0547. The second-order valence-corrected chi connectivity index (χ2v) is 5.55. The van der Waals surface area contributed by atoms with Crippen molar-refractivity contribution in [2.24, 2.45) is 5.92 Å². The summed E-state index contributed by atoms with van der Waals surface area (Å²) in [6.45, 7) is 2.06. The number of rotatable bonds is 5. The van der Waals surface area contributed by atoms with Crippen molar-refractivity contribution in [2.75, 3.05) is 12.4 Å². The molecule has 0 aliphatic heterocycles. The largest absolute Gasteiger partial charge is 0.377 e. The average Bonchev–Trinajstić information content (AvgIpc) is 3.00. The molecule has 0 saturated heterocycles.